The number of thioether (sulfide) groups is 2. The number of ether oxygens (including phenoxy) is 1. The minimum atomic E-state index is 0.848. The van der Waals surface area contributed by atoms with E-state index in [9.17, 15) is 0 Å². The van der Waals surface area contributed by atoms with Crippen LogP contribution in [0.3, 0.4) is 0 Å². The average Bonchev–Trinajstić information content (AvgIpc) is 2.16. The predicted molar refractivity (Wildman–Crippen MR) is 56.0 cm³/mol. The molecule has 0 unspecified atom stereocenters. The van der Waals surface area contributed by atoms with E-state index in [4.69, 9.17) is 4.74 Å². The molecule has 3 heteroatoms. The van der Waals surface area contributed by atoms with E-state index in [0.29, 0.717) is 0 Å². The summed E-state index contributed by atoms with van der Waals surface area (Å²) in [5.41, 5.74) is 0. The van der Waals surface area contributed by atoms with Gasteiger partial charge in [-0.15, -0.1) is 23.5 Å². The van der Waals surface area contributed by atoms with E-state index in [2.05, 4.69) is 19.4 Å². The average molecular weight is 199 g/mol. The highest BCUT2D eigenvalue weighted by Crippen LogP contribution is 2.31. The zero-order chi connectivity index (χ0) is 8.97. The van der Waals surface area contributed by atoms with Crippen LogP contribution in [-0.2, 0) is 0 Å². The molecule has 0 fully saturated rings. The molecule has 0 atom stereocenters. The summed E-state index contributed by atoms with van der Waals surface area (Å²) in [5, 5.41) is 0. The zero-order valence-corrected chi connectivity index (χ0v) is 8.80. The highest BCUT2D eigenvalue weighted by Gasteiger charge is 2.01. The molecule has 65 valence electrons. The third-order valence-electron chi connectivity index (χ3n) is 1.53. The third kappa shape index (κ3) is 2.11. The SMILES string of the molecule is [CH2]Oc1ccc(SC)cc1SC. The standard InChI is InChI=1S/C9H11OS2/c1-10-8-5-4-7(11-2)6-9(8)12-3/h4-6H,1H2,2-3H3. The second-order valence-corrected chi connectivity index (χ2v) is 3.89. The molecule has 0 aliphatic rings. The Morgan fingerprint density at radius 2 is 2.00 bits per heavy atom. The lowest BCUT2D eigenvalue weighted by atomic mass is 10.3. The van der Waals surface area contributed by atoms with Crippen molar-refractivity contribution in [1.82, 2.24) is 0 Å². The van der Waals surface area contributed by atoms with Crippen molar-refractivity contribution in [1.29, 1.82) is 0 Å². The highest BCUT2D eigenvalue weighted by atomic mass is 32.2. The van der Waals surface area contributed by atoms with E-state index >= 15 is 0 Å². The Labute approximate surface area is 81.9 Å². The van der Waals surface area contributed by atoms with Crippen molar-refractivity contribution >= 4 is 23.5 Å². The molecule has 0 aromatic heterocycles. The molecule has 0 heterocycles. The Hall–Kier alpha value is -0.280. The minimum Gasteiger partial charge on any atom is -0.489 e. The van der Waals surface area contributed by atoms with Crippen LogP contribution in [0, 0.1) is 7.11 Å². The van der Waals surface area contributed by atoms with Gasteiger partial charge in [0, 0.05) is 4.90 Å². The first kappa shape index (κ1) is 9.81. The molecule has 1 radical (unpaired) electrons. The van der Waals surface area contributed by atoms with Gasteiger partial charge in [0.2, 0.25) is 0 Å². The van der Waals surface area contributed by atoms with Gasteiger partial charge >= 0.3 is 0 Å². The summed E-state index contributed by atoms with van der Waals surface area (Å²) in [6.07, 6.45) is 4.09. The van der Waals surface area contributed by atoms with Crippen molar-refractivity contribution < 1.29 is 4.74 Å². The Balaban J connectivity index is 3.02. The molecule has 12 heavy (non-hydrogen) atoms. The van der Waals surface area contributed by atoms with Gasteiger partial charge in [0.15, 0.2) is 0 Å². The maximum absolute atomic E-state index is 4.96. The normalized spacial score (nSPS) is 9.92. The molecule has 0 amide bonds. The van der Waals surface area contributed by atoms with E-state index < -0.39 is 0 Å². The highest BCUT2D eigenvalue weighted by molar-refractivity contribution is 7.99. The van der Waals surface area contributed by atoms with Gasteiger partial charge < -0.3 is 4.74 Å². The van der Waals surface area contributed by atoms with E-state index in [1.165, 1.54) is 4.90 Å². The number of rotatable bonds is 3. The van der Waals surface area contributed by atoms with Crippen LogP contribution in [0.25, 0.3) is 0 Å². The van der Waals surface area contributed by atoms with Crippen LogP contribution in [0.4, 0.5) is 0 Å². The van der Waals surface area contributed by atoms with Gasteiger partial charge in [0.1, 0.15) is 12.9 Å². The fraction of sp³-hybridized carbons (Fsp3) is 0.222. The predicted octanol–water partition coefficient (Wildman–Crippen LogP) is 3.30. The first-order valence-electron chi connectivity index (χ1n) is 3.46. The van der Waals surface area contributed by atoms with Crippen molar-refractivity contribution in [2.45, 2.75) is 9.79 Å². The van der Waals surface area contributed by atoms with Crippen molar-refractivity contribution in [3.05, 3.63) is 25.3 Å². The largest absolute Gasteiger partial charge is 0.489 e. The lowest BCUT2D eigenvalue weighted by Crippen LogP contribution is -1.83. The Morgan fingerprint density at radius 3 is 2.50 bits per heavy atom. The summed E-state index contributed by atoms with van der Waals surface area (Å²) >= 11 is 3.40. The topological polar surface area (TPSA) is 9.23 Å². The van der Waals surface area contributed by atoms with Gasteiger partial charge in [-0.25, -0.2) is 0 Å². The van der Waals surface area contributed by atoms with Gasteiger partial charge in [-0.2, -0.15) is 0 Å². The van der Waals surface area contributed by atoms with E-state index in [-0.39, 0.29) is 0 Å². The Bertz CT molecular complexity index is 261. The molecular weight excluding hydrogens is 188 g/mol. The van der Waals surface area contributed by atoms with Crippen LogP contribution in [0.1, 0.15) is 0 Å². The molecule has 0 saturated heterocycles. The van der Waals surface area contributed by atoms with Crippen LogP contribution in [-0.4, -0.2) is 12.5 Å². The molecule has 0 saturated carbocycles. The lowest BCUT2D eigenvalue weighted by Gasteiger charge is -2.06. The molecule has 1 nitrogen and oxygen atoms in total. The Morgan fingerprint density at radius 1 is 1.25 bits per heavy atom. The van der Waals surface area contributed by atoms with Gasteiger partial charge in [-0.3, -0.25) is 0 Å². The molecule has 0 aliphatic carbocycles. The summed E-state index contributed by atoms with van der Waals surface area (Å²) in [6.45, 7) is 0. The molecular formula is C9H11OS2. The van der Waals surface area contributed by atoms with Gasteiger partial charge in [-0.05, 0) is 30.7 Å². The summed E-state index contributed by atoms with van der Waals surface area (Å²) in [6, 6.07) is 6.09. The van der Waals surface area contributed by atoms with Crippen molar-refractivity contribution in [3.8, 4) is 5.75 Å². The van der Waals surface area contributed by atoms with Crippen LogP contribution >= 0.6 is 23.5 Å². The third-order valence-corrected chi connectivity index (χ3v) is 3.01. The van der Waals surface area contributed by atoms with Gasteiger partial charge in [0.25, 0.3) is 0 Å². The van der Waals surface area contributed by atoms with Crippen LogP contribution < -0.4 is 4.74 Å². The van der Waals surface area contributed by atoms with Crippen LogP contribution in [0.2, 0.25) is 0 Å². The van der Waals surface area contributed by atoms with E-state index in [1.807, 2.05) is 18.4 Å². The molecule has 0 N–H and O–H groups in total. The van der Waals surface area contributed by atoms with Crippen molar-refractivity contribution in [3.63, 3.8) is 0 Å². The quantitative estimate of drug-likeness (QED) is 0.691. The molecule has 0 aliphatic heterocycles. The number of hydrogen-bond acceptors (Lipinski definition) is 3. The van der Waals surface area contributed by atoms with E-state index in [1.54, 1.807) is 23.5 Å². The summed E-state index contributed by atoms with van der Waals surface area (Å²) in [5.74, 6) is 0.848. The molecule has 0 bridgehead atoms. The lowest BCUT2D eigenvalue weighted by molar-refractivity contribution is 0.461. The monoisotopic (exact) mass is 199 g/mol. The van der Waals surface area contributed by atoms with Gasteiger partial charge in [0.05, 0.1) is 4.90 Å². The van der Waals surface area contributed by atoms with Crippen molar-refractivity contribution in [2.75, 3.05) is 12.5 Å². The Kier molecular flexibility index (Phi) is 3.82. The van der Waals surface area contributed by atoms with E-state index in [0.717, 1.165) is 10.6 Å². The number of hydrogen-bond donors (Lipinski definition) is 0. The fourth-order valence-corrected chi connectivity index (χ4v) is 1.98. The molecule has 1 rings (SSSR count). The maximum atomic E-state index is 4.96. The maximum Gasteiger partial charge on any atom is 0.133 e. The molecule has 0 spiro atoms. The fourth-order valence-electron chi connectivity index (χ4n) is 0.894. The van der Waals surface area contributed by atoms with Gasteiger partial charge in [-0.1, -0.05) is 0 Å². The first-order chi connectivity index (χ1) is 5.81. The summed E-state index contributed by atoms with van der Waals surface area (Å²) in [4.78, 5) is 2.39. The van der Waals surface area contributed by atoms with Crippen LogP contribution in [0.15, 0.2) is 28.0 Å². The summed E-state index contributed by atoms with van der Waals surface area (Å²) in [7, 11) is 3.40. The summed E-state index contributed by atoms with van der Waals surface area (Å²) < 4.78 is 4.96. The zero-order valence-electron chi connectivity index (χ0n) is 7.16. The molecule has 1 aromatic carbocycles. The number of benzene rings is 1. The first-order valence-corrected chi connectivity index (χ1v) is 5.91. The minimum absolute atomic E-state index is 0.848. The smallest absolute Gasteiger partial charge is 0.133 e. The molecule has 1 aromatic rings. The van der Waals surface area contributed by atoms with Crippen molar-refractivity contribution in [2.24, 2.45) is 0 Å². The van der Waals surface area contributed by atoms with Crippen LogP contribution in [0.5, 0.6) is 5.75 Å². The second-order valence-electron chi connectivity index (χ2n) is 2.16. The second kappa shape index (κ2) is 4.67.